The van der Waals surface area contributed by atoms with E-state index in [0.29, 0.717) is 0 Å². The zero-order valence-electron chi connectivity index (χ0n) is 6.04. The number of nitrogens with zero attached hydrogens (tertiary/aromatic N) is 1. The van der Waals surface area contributed by atoms with E-state index in [2.05, 4.69) is 6.07 Å². The maximum atomic E-state index is 12.7. The van der Waals surface area contributed by atoms with Gasteiger partial charge in [-0.1, -0.05) is 16.6 Å². The van der Waals surface area contributed by atoms with Gasteiger partial charge in [0.05, 0.1) is 5.69 Å². The maximum Gasteiger partial charge on any atom is 0.251 e. The monoisotopic (exact) mass is 152 g/mol. The Balaban J connectivity index is 2.85. The summed E-state index contributed by atoms with van der Waals surface area (Å²) >= 11 is 0. The molecule has 0 unspecified atom stereocenters. The second-order valence-corrected chi connectivity index (χ2v) is 2.06. The van der Waals surface area contributed by atoms with E-state index in [1.807, 2.05) is 0 Å². The number of hydrogen-bond acceptors (Lipinski definition) is 1. The van der Waals surface area contributed by atoms with Gasteiger partial charge in [0.2, 0.25) is 0 Å². The lowest BCUT2D eigenvalue weighted by Crippen LogP contribution is -2.17. The fraction of sp³-hybridized carbons (Fsp3) is 0.125. The lowest BCUT2D eigenvalue weighted by atomic mass is 10.3. The summed E-state index contributed by atoms with van der Waals surface area (Å²) in [6.07, 6.45) is 0. The molecule has 3 heteroatoms. The first kappa shape index (κ1) is 7.72. The molecule has 0 aliphatic carbocycles. The molecule has 0 heterocycles. The minimum Gasteiger partial charge on any atom is -0.272 e. The molecule has 1 aromatic rings. The molecule has 0 aromatic heterocycles. The van der Waals surface area contributed by atoms with Crippen molar-refractivity contribution in [2.24, 2.45) is 0 Å². The van der Waals surface area contributed by atoms with Gasteiger partial charge in [0.25, 0.3) is 5.91 Å². The number of amides is 1. The highest BCUT2D eigenvalue weighted by Gasteiger charge is 2.07. The molecule has 0 N–H and O–H groups in total. The van der Waals surface area contributed by atoms with Gasteiger partial charge in [0, 0.05) is 6.92 Å². The van der Waals surface area contributed by atoms with Crippen LogP contribution in [0.25, 0.3) is 0 Å². The van der Waals surface area contributed by atoms with Crippen molar-refractivity contribution in [2.75, 3.05) is 5.12 Å². The molecule has 2 nitrogen and oxygen atoms in total. The van der Waals surface area contributed by atoms with Crippen molar-refractivity contribution in [2.45, 2.75) is 6.92 Å². The molecule has 0 bridgehead atoms. The molecule has 0 aliphatic rings. The van der Waals surface area contributed by atoms with Crippen molar-refractivity contribution in [3.63, 3.8) is 0 Å². The van der Waals surface area contributed by atoms with Crippen molar-refractivity contribution in [1.29, 1.82) is 0 Å². The van der Waals surface area contributed by atoms with Crippen LogP contribution in [0, 0.1) is 6.07 Å². The summed E-state index contributed by atoms with van der Waals surface area (Å²) in [5.74, 6) is -0.629. The number of hydrogen-bond donors (Lipinski definition) is 0. The molecular weight excluding hydrogens is 145 g/mol. The lowest BCUT2D eigenvalue weighted by molar-refractivity contribution is -0.119. The van der Waals surface area contributed by atoms with Crippen LogP contribution >= 0.6 is 0 Å². The van der Waals surface area contributed by atoms with Crippen molar-refractivity contribution in [1.82, 2.24) is 0 Å². The molecule has 0 aliphatic heterocycles. The molecule has 0 saturated heterocycles. The third-order valence-electron chi connectivity index (χ3n) is 1.20. The van der Waals surface area contributed by atoms with E-state index in [9.17, 15) is 9.28 Å². The molecular formula is C8H7FNO. The van der Waals surface area contributed by atoms with Crippen LogP contribution in [0.2, 0.25) is 0 Å². The Morgan fingerprint density at radius 1 is 1.55 bits per heavy atom. The predicted octanol–water partition coefficient (Wildman–Crippen LogP) is 1.72. The number of halogens is 1. The number of rotatable bonds is 1. The molecule has 1 radical (unpaired) electrons. The van der Waals surface area contributed by atoms with Crippen molar-refractivity contribution in [3.05, 3.63) is 30.3 Å². The van der Waals surface area contributed by atoms with Gasteiger partial charge in [-0.2, -0.15) is 0 Å². The molecule has 1 aromatic carbocycles. The van der Waals surface area contributed by atoms with Gasteiger partial charge < -0.3 is 0 Å². The van der Waals surface area contributed by atoms with Crippen LogP contribution in [0.5, 0.6) is 0 Å². The van der Waals surface area contributed by atoms with Gasteiger partial charge in [0.15, 0.2) is 0 Å². The first-order chi connectivity index (χ1) is 5.22. The molecule has 11 heavy (non-hydrogen) atoms. The second-order valence-electron chi connectivity index (χ2n) is 2.06. The van der Waals surface area contributed by atoms with Crippen LogP contribution in [0.15, 0.2) is 24.3 Å². The van der Waals surface area contributed by atoms with Crippen molar-refractivity contribution in [3.8, 4) is 0 Å². The molecule has 0 atom stereocenters. The SMILES string of the molecule is CC(=O)N(F)c1cc[c]cc1. The lowest BCUT2D eigenvalue weighted by Gasteiger charge is -2.07. The largest absolute Gasteiger partial charge is 0.272 e. The zero-order valence-corrected chi connectivity index (χ0v) is 6.04. The summed E-state index contributed by atoms with van der Waals surface area (Å²) in [7, 11) is 0. The quantitative estimate of drug-likeness (QED) is 0.561. The normalized spacial score (nSPS) is 9.27. The highest BCUT2D eigenvalue weighted by Crippen LogP contribution is 2.12. The Morgan fingerprint density at radius 2 is 2.09 bits per heavy atom. The minimum absolute atomic E-state index is 0.0911. The Labute approximate surface area is 64.2 Å². The van der Waals surface area contributed by atoms with E-state index >= 15 is 0 Å². The summed E-state index contributed by atoms with van der Waals surface area (Å²) in [6, 6.07) is 8.76. The smallest absolute Gasteiger partial charge is 0.251 e. The van der Waals surface area contributed by atoms with Gasteiger partial charge in [-0.25, -0.2) is 0 Å². The minimum atomic E-state index is -0.629. The van der Waals surface area contributed by atoms with Gasteiger partial charge in [-0.05, 0) is 18.2 Å². The highest BCUT2D eigenvalue weighted by molar-refractivity contribution is 5.88. The van der Waals surface area contributed by atoms with Crippen LogP contribution in [0.4, 0.5) is 10.2 Å². The average molecular weight is 152 g/mol. The van der Waals surface area contributed by atoms with Crippen molar-refractivity contribution < 1.29 is 9.28 Å². The number of carbonyl (C=O) groups is 1. The number of carbonyl (C=O) groups excluding carboxylic acids is 1. The summed E-state index contributed by atoms with van der Waals surface area (Å²) in [5, 5.41) is 0.0911. The number of benzene rings is 1. The van der Waals surface area contributed by atoms with E-state index in [0.717, 1.165) is 6.92 Å². The molecule has 0 saturated carbocycles. The topological polar surface area (TPSA) is 20.3 Å². The Morgan fingerprint density at radius 3 is 2.55 bits per heavy atom. The zero-order chi connectivity index (χ0) is 8.27. The van der Waals surface area contributed by atoms with Crippen LogP contribution in [0.1, 0.15) is 6.92 Å². The summed E-state index contributed by atoms with van der Waals surface area (Å²) in [6.45, 7) is 1.16. The summed E-state index contributed by atoms with van der Waals surface area (Å²) in [5.41, 5.74) is 0.233. The van der Waals surface area contributed by atoms with Gasteiger partial charge >= 0.3 is 0 Å². The van der Waals surface area contributed by atoms with E-state index in [-0.39, 0.29) is 10.8 Å². The molecule has 1 amide bonds. The standard InChI is InChI=1S/C8H7FNO/c1-7(11)10(9)8-5-3-2-4-6-8/h3-6H,1H3. The van der Waals surface area contributed by atoms with Crippen molar-refractivity contribution >= 4 is 11.6 Å². The van der Waals surface area contributed by atoms with Crippen LogP contribution in [0.3, 0.4) is 0 Å². The molecule has 57 valence electrons. The Hall–Kier alpha value is -1.38. The molecule has 0 fully saturated rings. The average Bonchev–Trinajstić information content (AvgIpc) is 2.05. The fourth-order valence-corrected chi connectivity index (χ4v) is 0.691. The molecule has 0 spiro atoms. The van der Waals surface area contributed by atoms with E-state index in [1.54, 1.807) is 12.1 Å². The van der Waals surface area contributed by atoms with Crippen LogP contribution in [-0.2, 0) is 4.79 Å². The van der Waals surface area contributed by atoms with E-state index in [1.165, 1.54) is 12.1 Å². The first-order valence-corrected chi connectivity index (χ1v) is 3.14. The summed E-state index contributed by atoms with van der Waals surface area (Å²) in [4.78, 5) is 10.5. The number of anilines is 1. The predicted molar refractivity (Wildman–Crippen MR) is 39.5 cm³/mol. The highest BCUT2D eigenvalue weighted by atomic mass is 19.2. The fourth-order valence-electron chi connectivity index (χ4n) is 0.691. The van der Waals surface area contributed by atoms with Gasteiger partial charge in [-0.3, -0.25) is 4.79 Å². The molecule has 1 rings (SSSR count). The van der Waals surface area contributed by atoms with Gasteiger partial charge in [0.1, 0.15) is 0 Å². The van der Waals surface area contributed by atoms with Gasteiger partial charge in [-0.15, -0.1) is 5.12 Å². The third-order valence-corrected chi connectivity index (χ3v) is 1.20. The van der Waals surface area contributed by atoms with Crippen LogP contribution in [-0.4, -0.2) is 5.91 Å². The Bertz CT molecular complexity index is 248. The van der Waals surface area contributed by atoms with Crippen LogP contribution < -0.4 is 5.12 Å². The maximum absolute atomic E-state index is 12.7. The third kappa shape index (κ3) is 1.77. The van der Waals surface area contributed by atoms with E-state index < -0.39 is 5.91 Å². The summed E-state index contributed by atoms with van der Waals surface area (Å²) < 4.78 is 12.7. The first-order valence-electron chi connectivity index (χ1n) is 3.14. The van der Waals surface area contributed by atoms with E-state index in [4.69, 9.17) is 0 Å². The Kier molecular flexibility index (Phi) is 2.21. The second kappa shape index (κ2) is 3.14.